The normalized spacial score (nSPS) is 12.4. The molecule has 1 aromatic carbocycles. The van der Waals surface area contributed by atoms with Gasteiger partial charge in [-0.2, -0.15) is 0 Å². The van der Waals surface area contributed by atoms with Gasteiger partial charge in [-0.1, -0.05) is 23.2 Å². The van der Waals surface area contributed by atoms with Crippen LogP contribution in [0.15, 0.2) is 29.9 Å². The van der Waals surface area contributed by atoms with Crippen molar-refractivity contribution in [2.45, 2.75) is 13.0 Å². The van der Waals surface area contributed by atoms with Crippen LogP contribution in [-0.4, -0.2) is 4.98 Å². The van der Waals surface area contributed by atoms with E-state index in [9.17, 15) is 0 Å². The van der Waals surface area contributed by atoms with Crippen LogP contribution in [0.2, 0.25) is 10.0 Å². The van der Waals surface area contributed by atoms with Gasteiger partial charge < -0.3 is 5.32 Å². The van der Waals surface area contributed by atoms with Crippen molar-refractivity contribution in [1.82, 2.24) is 4.98 Å². The predicted molar refractivity (Wildman–Crippen MR) is 70.6 cm³/mol. The van der Waals surface area contributed by atoms with Crippen molar-refractivity contribution < 1.29 is 0 Å². The van der Waals surface area contributed by atoms with Crippen LogP contribution in [0.25, 0.3) is 0 Å². The number of nitrogens with one attached hydrogen (secondary N) is 1. The third kappa shape index (κ3) is 2.67. The van der Waals surface area contributed by atoms with Crippen molar-refractivity contribution in [2.75, 3.05) is 5.32 Å². The number of halogens is 2. The lowest BCUT2D eigenvalue weighted by molar-refractivity contribution is 0.904. The molecule has 0 saturated heterocycles. The van der Waals surface area contributed by atoms with E-state index in [4.69, 9.17) is 23.2 Å². The maximum Gasteiger partial charge on any atom is 0.0795 e. The fourth-order valence-corrected chi connectivity index (χ4v) is 2.44. The summed E-state index contributed by atoms with van der Waals surface area (Å²) in [6, 6.07) is 5.61. The van der Waals surface area contributed by atoms with Crippen LogP contribution in [0.3, 0.4) is 0 Å². The smallest absolute Gasteiger partial charge is 0.0795 e. The summed E-state index contributed by atoms with van der Waals surface area (Å²) in [5.74, 6) is 0. The van der Waals surface area contributed by atoms with Gasteiger partial charge in [0.2, 0.25) is 0 Å². The Labute approximate surface area is 108 Å². The molecule has 2 nitrogen and oxygen atoms in total. The van der Waals surface area contributed by atoms with E-state index in [1.807, 2.05) is 23.8 Å². The molecular weight excluding hydrogens is 263 g/mol. The Morgan fingerprint density at radius 2 is 2.19 bits per heavy atom. The molecule has 1 unspecified atom stereocenters. The lowest BCUT2D eigenvalue weighted by Gasteiger charge is -2.14. The molecule has 1 N–H and O–H groups in total. The average Bonchev–Trinajstić information content (AvgIpc) is 2.75. The van der Waals surface area contributed by atoms with E-state index in [-0.39, 0.29) is 6.04 Å². The third-order valence-corrected chi connectivity index (χ3v) is 3.69. The molecular formula is C11H10Cl2N2S. The van der Waals surface area contributed by atoms with Crippen LogP contribution >= 0.6 is 34.5 Å². The van der Waals surface area contributed by atoms with E-state index in [0.29, 0.717) is 10.0 Å². The standard InChI is InChI=1S/C11H10Cl2N2S/c1-7(11-5-14-6-16-11)15-10-3-2-8(12)4-9(10)13/h2-7,15H,1H3. The van der Waals surface area contributed by atoms with E-state index in [2.05, 4.69) is 17.2 Å². The predicted octanol–water partition coefficient (Wildman–Crippen LogP) is 4.62. The number of thiazole rings is 1. The molecule has 0 bridgehead atoms. The molecule has 0 aliphatic carbocycles. The van der Waals surface area contributed by atoms with Gasteiger partial charge in [-0.15, -0.1) is 11.3 Å². The van der Waals surface area contributed by atoms with Gasteiger partial charge in [-0.25, -0.2) is 0 Å². The summed E-state index contributed by atoms with van der Waals surface area (Å²) < 4.78 is 0. The molecule has 2 rings (SSSR count). The molecule has 0 radical (unpaired) electrons. The molecule has 1 heterocycles. The summed E-state index contributed by atoms with van der Waals surface area (Å²) in [6.07, 6.45) is 1.85. The minimum Gasteiger partial charge on any atom is -0.376 e. The van der Waals surface area contributed by atoms with E-state index in [0.717, 1.165) is 5.69 Å². The summed E-state index contributed by atoms with van der Waals surface area (Å²) in [5.41, 5.74) is 2.70. The fraction of sp³-hybridized carbons (Fsp3) is 0.182. The van der Waals surface area contributed by atoms with Gasteiger partial charge in [0.25, 0.3) is 0 Å². The quantitative estimate of drug-likeness (QED) is 0.882. The first-order chi connectivity index (χ1) is 7.66. The van der Waals surface area contributed by atoms with Crippen molar-refractivity contribution in [3.63, 3.8) is 0 Å². The topological polar surface area (TPSA) is 24.9 Å². The highest BCUT2D eigenvalue weighted by Gasteiger charge is 2.09. The van der Waals surface area contributed by atoms with Gasteiger partial charge in [-0.05, 0) is 25.1 Å². The summed E-state index contributed by atoms with van der Waals surface area (Å²) in [7, 11) is 0. The minimum absolute atomic E-state index is 0.186. The monoisotopic (exact) mass is 272 g/mol. The Balaban J connectivity index is 2.15. The molecule has 1 atom stereocenters. The second-order valence-electron chi connectivity index (χ2n) is 3.39. The first kappa shape index (κ1) is 11.7. The zero-order valence-corrected chi connectivity index (χ0v) is 10.9. The van der Waals surface area contributed by atoms with Crippen LogP contribution in [0, 0.1) is 0 Å². The molecule has 1 aromatic heterocycles. The highest BCUT2D eigenvalue weighted by atomic mass is 35.5. The average molecular weight is 273 g/mol. The Bertz CT molecular complexity index is 471. The maximum atomic E-state index is 6.08. The van der Waals surface area contributed by atoms with Crippen molar-refractivity contribution in [2.24, 2.45) is 0 Å². The number of anilines is 1. The zero-order valence-electron chi connectivity index (χ0n) is 8.58. The fourth-order valence-electron chi connectivity index (χ4n) is 1.35. The van der Waals surface area contributed by atoms with Crippen LogP contribution < -0.4 is 5.32 Å². The summed E-state index contributed by atoms with van der Waals surface area (Å²) in [4.78, 5) is 5.22. The number of benzene rings is 1. The summed E-state index contributed by atoms with van der Waals surface area (Å²) >= 11 is 13.5. The molecule has 5 heteroatoms. The van der Waals surface area contributed by atoms with Crippen LogP contribution in [0.5, 0.6) is 0 Å². The van der Waals surface area contributed by atoms with E-state index in [1.165, 1.54) is 4.88 Å². The molecule has 0 aliphatic heterocycles. The van der Waals surface area contributed by atoms with Crippen molar-refractivity contribution in [3.8, 4) is 0 Å². The molecule has 0 spiro atoms. The summed E-state index contributed by atoms with van der Waals surface area (Å²) in [6.45, 7) is 2.07. The van der Waals surface area contributed by atoms with Crippen molar-refractivity contribution in [3.05, 3.63) is 44.8 Å². The molecule has 2 aromatic rings. The first-order valence-electron chi connectivity index (χ1n) is 4.77. The number of hydrogen-bond acceptors (Lipinski definition) is 3. The van der Waals surface area contributed by atoms with E-state index < -0.39 is 0 Å². The SMILES string of the molecule is CC(Nc1ccc(Cl)cc1Cl)c1cncs1. The molecule has 16 heavy (non-hydrogen) atoms. The van der Waals surface area contributed by atoms with Crippen molar-refractivity contribution in [1.29, 1.82) is 0 Å². The molecule has 84 valence electrons. The summed E-state index contributed by atoms with van der Waals surface area (Å²) in [5, 5.41) is 4.59. The maximum absolute atomic E-state index is 6.08. The second kappa shape index (κ2) is 5.04. The number of aromatic nitrogens is 1. The Hall–Kier alpha value is -0.770. The van der Waals surface area contributed by atoms with Crippen molar-refractivity contribution >= 4 is 40.2 Å². The van der Waals surface area contributed by atoms with Gasteiger partial charge in [0.05, 0.1) is 22.3 Å². The lowest BCUT2D eigenvalue weighted by Crippen LogP contribution is -2.05. The van der Waals surface area contributed by atoms with Gasteiger partial charge in [0.15, 0.2) is 0 Å². The van der Waals surface area contributed by atoms with Gasteiger partial charge in [0.1, 0.15) is 0 Å². The molecule has 0 fully saturated rings. The van der Waals surface area contributed by atoms with Gasteiger partial charge in [-0.3, -0.25) is 4.98 Å². The van der Waals surface area contributed by atoms with Crippen LogP contribution in [0.4, 0.5) is 5.69 Å². The highest BCUT2D eigenvalue weighted by molar-refractivity contribution is 7.09. The zero-order chi connectivity index (χ0) is 11.5. The first-order valence-corrected chi connectivity index (χ1v) is 6.40. The number of hydrogen-bond donors (Lipinski definition) is 1. The third-order valence-electron chi connectivity index (χ3n) is 2.18. The van der Waals surface area contributed by atoms with Gasteiger partial charge in [0, 0.05) is 16.1 Å². The Kier molecular flexibility index (Phi) is 3.69. The number of nitrogens with zero attached hydrogens (tertiary/aromatic N) is 1. The van der Waals surface area contributed by atoms with Gasteiger partial charge >= 0.3 is 0 Å². The second-order valence-corrected chi connectivity index (χ2v) is 5.16. The molecule has 0 saturated carbocycles. The lowest BCUT2D eigenvalue weighted by atomic mass is 10.2. The largest absolute Gasteiger partial charge is 0.376 e. The molecule has 0 aliphatic rings. The Morgan fingerprint density at radius 1 is 1.38 bits per heavy atom. The van der Waals surface area contributed by atoms with Crippen LogP contribution in [0.1, 0.15) is 17.8 Å². The van der Waals surface area contributed by atoms with E-state index in [1.54, 1.807) is 17.4 Å². The van der Waals surface area contributed by atoms with E-state index >= 15 is 0 Å². The highest BCUT2D eigenvalue weighted by Crippen LogP contribution is 2.29. The Morgan fingerprint density at radius 3 is 2.81 bits per heavy atom. The molecule has 0 amide bonds. The van der Waals surface area contributed by atoms with Crippen LogP contribution in [-0.2, 0) is 0 Å². The number of rotatable bonds is 3. The minimum atomic E-state index is 0.186.